The van der Waals surface area contributed by atoms with Crippen molar-refractivity contribution in [2.24, 2.45) is 7.05 Å². The maximum atomic E-state index is 12.3. The predicted octanol–water partition coefficient (Wildman–Crippen LogP) is -0.462. The van der Waals surface area contributed by atoms with Gasteiger partial charge in [0.15, 0.2) is 0 Å². The highest BCUT2D eigenvalue weighted by Crippen LogP contribution is 2.13. The highest BCUT2D eigenvalue weighted by Gasteiger charge is 2.24. The summed E-state index contributed by atoms with van der Waals surface area (Å²) in [4.78, 5) is 15.8. The summed E-state index contributed by atoms with van der Waals surface area (Å²) in [6.07, 6.45) is 0. The summed E-state index contributed by atoms with van der Waals surface area (Å²) in [6, 6.07) is 8.54. The molecule has 0 bridgehead atoms. The molecule has 1 saturated heterocycles. The molecule has 0 unspecified atom stereocenters. The lowest BCUT2D eigenvalue weighted by atomic mass is 10.1. The van der Waals surface area contributed by atoms with Gasteiger partial charge < -0.3 is 9.80 Å². The van der Waals surface area contributed by atoms with Gasteiger partial charge in [0.05, 0.1) is 31.9 Å². The number of hydrogen-bond donors (Lipinski definition) is 1. The summed E-state index contributed by atoms with van der Waals surface area (Å²) >= 11 is 1.39. The third-order valence-electron chi connectivity index (χ3n) is 4.43. The van der Waals surface area contributed by atoms with Gasteiger partial charge >= 0.3 is 0 Å². The number of carbonyl (C=O) groups excluding carboxylic acids is 1. The number of rotatable bonds is 5. The average molecular weight is 347 g/mol. The number of quaternary nitrogens is 1. The van der Waals surface area contributed by atoms with E-state index in [9.17, 15) is 4.79 Å². The molecule has 1 fully saturated rings. The van der Waals surface area contributed by atoms with Gasteiger partial charge in [-0.3, -0.25) is 4.79 Å². The van der Waals surface area contributed by atoms with Crippen LogP contribution in [0.1, 0.15) is 11.1 Å². The number of nitrogens with one attached hydrogen (secondary N) is 1. The van der Waals surface area contributed by atoms with Gasteiger partial charge in [0.1, 0.15) is 6.54 Å². The molecule has 0 atom stereocenters. The normalized spacial score (nSPS) is 15.7. The zero-order valence-corrected chi connectivity index (χ0v) is 14.9. The highest BCUT2D eigenvalue weighted by molar-refractivity contribution is 7.99. The van der Waals surface area contributed by atoms with E-state index in [4.69, 9.17) is 0 Å². The Kier molecular flexibility index (Phi) is 5.47. The van der Waals surface area contributed by atoms with E-state index >= 15 is 0 Å². The number of tetrazole rings is 1. The first-order chi connectivity index (χ1) is 11.6. The fourth-order valence-corrected chi connectivity index (χ4v) is 3.64. The van der Waals surface area contributed by atoms with Crippen molar-refractivity contribution in [1.82, 2.24) is 25.1 Å². The first-order valence-corrected chi connectivity index (χ1v) is 9.13. The van der Waals surface area contributed by atoms with Crippen LogP contribution in [0.25, 0.3) is 0 Å². The number of carbonyl (C=O) groups is 1. The van der Waals surface area contributed by atoms with Gasteiger partial charge in [0, 0.05) is 12.6 Å². The Morgan fingerprint density at radius 3 is 2.71 bits per heavy atom. The van der Waals surface area contributed by atoms with Gasteiger partial charge in [0.25, 0.3) is 0 Å². The summed E-state index contributed by atoms with van der Waals surface area (Å²) in [5, 5.41) is 11.9. The fraction of sp³-hybridized carbons (Fsp3) is 0.500. The largest absolute Gasteiger partial charge is 0.331 e. The molecule has 0 radical (unpaired) electrons. The third-order valence-corrected chi connectivity index (χ3v) is 5.43. The first kappa shape index (κ1) is 16.9. The second-order valence-electron chi connectivity index (χ2n) is 6.11. The van der Waals surface area contributed by atoms with E-state index in [2.05, 4.69) is 46.7 Å². The predicted molar refractivity (Wildman–Crippen MR) is 91.7 cm³/mol. The standard InChI is InChI=1S/C16H22N6OS/c1-13-5-3-4-6-14(13)11-21-7-9-22(10-8-21)15(23)12-24-16-17-18-19-20(16)2/h3-6H,7-12H2,1-2H3/p+1. The Morgan fingerprint density at radius 2 is 2.04 bits per heavy atom. The molecule has 1 amide bonds. The lowest BCUT2D eigenvalue weighted by molar-refractivity contribution is -0.917. The number of amides is 1. The molecule has 2 heterocycles. The number of piperazine rings is 1. The van der Waals surface area contributed by atoms with Gasteiger partial charge in [0.2, 0.25) is 11.1 Å². The Bertz CT molecular complexity index is 695. The molecule has 1 aliphatic rings. The van der Waals surface area contributed by atoms with E-state index in [1.807, 2.05) is 4.90 Å². The molecule has 1 aliphatic heterocycles. The van der Waals surface area contributed by atoms with Crippen LogP contribution in [-0.2, 0) is 18.4 Å². The molecule has 1 N–H and O–H groups in total. The smallest absolute Gasteiger partial charge is 0.233 e. The lowest BCUT2D eigenvalue weighted by Crippen LogP contribution is -3.13. The number of aryl methyl sites for hydroxylation is 2. The molecule has 128 valence electrons. The lowest BCUT2D eigenvalue weighted by Gasteiger charge is -2.32. The van der Waals surface area contributed by atoms with E-state index in [0.717, 1.165) is 32.7 Å². The Hall–Kier alpha value is -1.93. The van der Waals surface area contributed by atoms with Crippen molar-refractivity contribution in [3.63, 3.8) is 0 Å². The van der Waals surface area contributed by atoms with Gasteiger partial charge in [-0.15, -0.1) is 5.10 Å². The Labute approximate surface area is 146 Å². The zero-order chi connectivity index (χ0) is 16.9. The second-order valence-corrected chi connectivity index (χ2v) is 7.05. The highest BCUT2D eigenvalue weighted by atomic mass is 32.2. The van der Waals surface area contributed by atoms with Crippen molar-refractivity contribution < 1.29 is 9.69 Å². The Morgan fingerprint density at radius 1 is 1.29 bits per heavy atom. The Balaban J connectivity index is 1.45. The fourth-order valence-electron chi connectivity index (χ4n) is 2.89. The molecular formula is C16H23N6OS+. The van der Waals surface area contributed by atoms with Crippen LogP contribution in [0.15, 0.2) is 29.4 Å². The minimum atomic E-state index is 0.165. The molecule has 3 rings (SSSR count). The SMILES string of the molecule is Cc1ccccc1C[NH+]1CCN(C(=O)CSc2nnnn2C)CC1. The van der Waals surface area contributed by atoms with Crippen molar-refractivity contribution >= 4 is 17.7 Å². The van der Waals surface area contributed by atoms with Crippen LogP contribution >= 0.6 is 11.8 Å². The minimum absolute atomic E-state index is 0.165. The van der Waals surface area contributed by atoms with E-state index < -0.39 is 0 Å². The number of hydrogen-bond acceptors (Lipinski definition) is 5. The molecule has 2 aromatic rings. The average Bonchev–Trinajstić information content (AvgIpc) is 3.00. The maximum Gasteiger partial charge on any atom is 0.233 e. The van der Waals surface area contributed by atoms with Crippen molar-refractivity contribution in [1.29, 1.82) is 0 Å². The molecule has 1 aromatic heterocycles. The minimum Gasteiger partial charge on any atom is -0.331 e. The van der Waals surface area contributed by atoms with Gasteiger partial charge in [-0.05, 0) is 22.9 Å². The second kappa shape index (κ2) is 7.76. The summed E-state index contributed by atoms with van der Waals surface area (Å²) in [7, 11) is 1.78. The molecule has 0 spiro atoms. The molecule has 0 aliphatic carbocycles. The molecule has 0 saturated carbocycles. The van der Waals surface area contributed by atoms with Crippen LogP contribution in [0.4, 0.5) is 0 Å². The van der Waals surface area contributed by atoms with Crippen LogP contribution in [-0.4, -0.2) is 62.9 Å². The first-order valence-electron chi connectivity index (χ1n) is 8.14. The van der Waals surface area contributed by atoms with Crippen LogP contribution in [0.5, 0.6) is 0 Å². The summed E-state index contributed by atoms with van der Waals surface area (Å²) in [5.74, 6) is 0.555. The number of aromatic nitrogens is 4. The van der Waals surface area contributed by atoms with Crippen molar-refractivity contribution in [3.05, 3.63) is 35.4 Å². The number of thioether (sulfide) groups is 1. The van der Waals surface area contributed by atoms with Crippen molar-refractivity contribution in [3.8, 4) is 0 Å². The van der Waals surface area contributed by atoms with Crippen molar-refractivity contribution in [2.75, 3.05) is 31.9 Å². The zero-order valence-electron chi connectivity index (χ0n) is 14.1. The molecular weight excluding hydrogens is 324 g/mol. The van der Waals surface area contributed by atoms with Gasteiger partial charge in [-0.1, -0.05) is 36.0 Å². The third kappa shape index (κ3) is 4.12. The maximum absolute atomic E-state index is 12.3. The van der Waals surface area contributed by atoms with Crippen molar-refractivity contribution in [2.45, 2.75) is 18.6 Å². The molecule has 7 nitrogen and oxygen atoms in total. The molecule has 1 aromatic carbocycles. The van der Waals surface area contributed by atoms with Crippen LogP contribution in [0.3, 0.4) is 0 Å². The monoisotopic (exact) mass is 347 g/mol. The summed E-state index contributed by atoms with van der Waals surface area (Å²) in [6.45, 7) is 6.82. The quantitative estimate of drug-likeness (QED) is 0.741. The number of nitrogens with zero attached hydrogens (tertiary/aromatic N) is 5. The van der Waals surface area contributed by atoms with E-state index in [0.29, 0.717) is 10.9 Å². The van der Waals surface area contributed by atoms with Gasteiger partial charge in [-0.25, -0.2) is 4.68 Å². The van der Waals surface area contributed by atoms with Crippen LogP contribution in [0, 0.1) is 6.92 Å². The summed E-state index contributed by atoms with van der Waals surface area (Å²) in [5.41, 5.74) is 2.75. The molecule has 24 heavy (non-hydrogen) atoms. The van der Waals surface area contributed by atoms with Crippen LogP contribution in [0.2, 0.25) is 0 Å². The van der Waals surface area contributed by atoms with Crippen LogP contribution < -0.4 is 4.90 Å². The summed E-state index contributed by atoms with van der Waals surface area (Å²) < 4.78 is 1.59. The molecule has 8 heteroatoms. The number of benzene rings is 1. The van der Waals surface area contributed by atoms with E-state index in [-0.39, 0.29) is 5.91 Å². The van der Waals surface area contributed by atoms with E-state index in [1.54, 1.807) is 16.6 Å². The van der Waals surface area contributed by atoms with Gasteiger partial charge in [-0.2, -0.15) is 0 Å². The topological polar surface area (TPSA) is 68.3 Å². The van der Waals surface area contributed by atoms with E-state index in [1.165, 1.54) is 22.9 Å².